The fourth-order valence-electron chi connectivity index (χ4n) is 0.868. The Morgan fingerprint density at radius 2 is 2.25 bits per heavy atom. The fourth-order valence-corrected chi connectivity index (χ4v) is 1.41. The molecule has 0 N–H and O–H groups in total. The van der Waals surface area contributed by atoms with Gasteiger partial charge in [-0.25, -0.2) is 0 Å². The summed E-state index contributed by atoms with van der Waals surface area (Å²) in [6.45, 7) is 3.77. The van der Waals surface area contributed by atoms with Crippen molar-refractivity contribution in [2.75, 3.05) is 0 Å². The maximum atomic E-state index is 4.95. The van der Waals surface area contributed by atoms with E-state index in [-0.39, 0.29) is 0 Å². The molecular weight excluding hydrogens is 174 g/mol. The summed E-state index contributed by atoms with van der Waals surface area (Å²) >= 11 is 1.43. The quantitative estimate of drug-likeness (QED) is 0.673. The molecular formula is C7H7N3OS. The van der Waals surface area contributed by atoms with Crippen LogP contribution in [0.15, 0.2) is 10.6 Å². The molecule has 0 saturated heterocycles. The first-order valence-electron chi connectivity index (χ1n) is 3.50. The minimum Gasteiger partial charge on any atom is -0.332 e. The van der Waals surface area contributed by atoms with Gasteiger partial charge in [-0.1, -0.05) is 5.16 Å². The molecule has 2 aromatic rings. The second kappa shape index (κ2) is 2.67. The van der Waals surface area contributed by atoms with Gasteiger partial charge in [-0.3, -0.25) is 0 Å². The van der Waals surface area contributed by atoms with E-state index in [9.17, 15) is 0 Å². The normalized spacial score (nSPS) is 10.5. The average molecular weight is 181 g/mol. The first-order chi connectivity index (χ1) is 5.75. The van der Waals surface area contributed by atoms with Gasteiger partial charge in [0.1, 0.15) is 5.69 Å². The molecule has 4 nitrogen and oxygen atoms in total. The second-order valence-electron chi connectivity index (χ2n) is 2.47. The van der Waals surface area contributed by atoms with Crippen molar-refractivity contribution in [3.8, 4) is 11.6 Å². The standard InChI is InChI=1S/C7H7N3OS/c1-4-3-6(10-12-4)7-8-5(2)9-11-7/h3H,1-2H3. The van der Waals surface area contributed by atoms with Crippen molar-refractivity contribution < 1.29 is 4.52 Å². The molecule has 62 valence electrons. The summed E-state index contributed by atoms with van der Waals surface area (Å²) in [6.07, 6.45) is 0. The van der Waals surface area contributed by atoms with Gasteiger partial charge in [-0.05, 0) is 31.4 Å². The van der Waals surface area contributed by atoms with Gasteiger partial charge in [-0.15, -0.1) is 0 Å². The Labute approximate surface area is 73.4 Å². The largest absolute Gasteiger partial charge is 0.332 e. The summed E-state index contributed by atoms with van der Waals surface area (Å²) in [4.78, 5) is 5.20. The van der Waals surface area contributed by atoms with Crippen molar-refractivity contribution in [1.29, 1.82) is 0 Å². The van der Waals surface area contributed by atoms with E-state index in [1.165, 1.54) is 11.5 Å². The number of rotatable bonds is 1. The van der Waals surface area contributed by atoms with Gasteiger partial charge in [0.2, 0.25) is 0 Å². The van der Waals surface area contributed by atoms with E-state index in [2.05, 4.69) is 14.5 Å². The molecule has 0 spiro atoms. The average Bonchev–Trinajstić information content (AvgIpc) is 2.58. The Hall–Kier alpha value is -1.23. The number of hydrogen-bond acceptors (Lipinski definition) is 5. The lowest BCUT2D eigenvalue weighted by Crippen LogP contribution is -1.75. The van der Waals surface area contributed by atoms with Crippen LogP contribution in [-0.4, -0.2) is 14.5 Å². The number of nitrogens with zero attached hydrogens (tertiary/aromatic N) is 3. The van der Waals surface area contributed by atoms with Crippen LogP contribution in [0.1, 0.15) is 10.7 Å². The molecule has 12 heavy (non-hydrogen) atoms. The maximum Gasteiger partial charge on any atom is 0.277 e. The van der Waals surface area contributed by atoms with Crippen LogP contribution in [0.5, 0.6) is 0 Å². The zero-order valence-corrected chi connectivity index (χ0v) is 7.55. The molecule has 0 aromatic carbocycles. The lowest BCUT2D eigenvalue weighted by Gasteiger charge is -1.80. The highest BCUT2D eigenvalue weighted by Crippen LogP contribution is 2.18. The smallest absolute Gasteiger partial charge is 0.277 e. The molecule has 0 bridgehead atoms. The monoisotopic (exact) mass is 181 g/mol. The lowest BCUT2D eigenvalue weighted by molar-refractivity contribution is 0.425. The van der Waals surface area contributed by atoms with Gasteiger partial charge in [0, 0.05) is 4.88 Å². The minimum absolute atomic E-state index is 0.497. The molecule has 0 atom stereocenters. The van der Waals surface area contributed by atoms with Crippen molar-refractivity contribution in [2.45, 2.75) is 13.8 Å². The zero-order chi connectivity index (χ0) is 8.55. The van der Waals surface area contributed by atoms with Gasteiger partial charge < -0.3 is 4.52 Å². The molecule has 2 heterocycles. The van der Waals surface area contributed by atoms with E-state index in [1.54, 1.807) is 6.92 Å². The first kappa shape index (κ1) is 7.42. The highest BCUT2D eigenvalue weighted by atomic mass is 32.1. The summed E-state index contributed by atoms with van der Waals surface area (Å²) < 4.78 is 9.09. The van der Waals surface area contributed by atoms with Crippen LogP contribution in [0, 0.1) is 13.8 Å². The van der Waals surface area contributed by atoms with Crippen LogP contribution in [0.3, 0.4) is 0 Å². The van der Waals surface area contributed by atoms with E-state index in [0.29, 0.717) is 11.7 Å². The highest BCUT2D eigenvalue weighted by Gasteiger charge is 2.08. The molecule has 0 aliphatic rings. The summed E-state index contributed by atoms with van der Waals surface area (Å²) in [5, 5.41) is 3.68. The molecule has 2 aromatic heterocycles. The Morgan fingerprint density at radius 3 is 2.75 bits per heavy atom. The third-order valence-corrected chi connectivity index (χ3v) is 2.07. The Kier molecular flexibility index (Phi) is 1.65. The lowest BCUT2D eigenvalue weighted by atomic mass is 10.4. The van der Waals surface area contributed by atoms with Gasteiger partial charge >= 0.3 is 0 Å². The van der Waals surface area contributed by atoms with Crippen molar-refractivity contribution in [3.05, 3.63) is 16.8 Å². The van der Waals surface area contributed by atoms with Crippen molar-refractivity contribution in [3.63, 3.8) is 0 Å². The van der Waals surface area contributed by atoms with Gasteiger partial charge in [0.25, 0.3) is 5.89 Å². The van der Waals surface area contributed by atoms with E-state index in [0.717, 1.165) is 10.6 Å². The van der Waals surface area contributed by atoms with Crippen LogP contribution in [0.2, 0.25) is 0 Å². The van der Waals surface area contributed by atoms with Crippen LogP contribution < -0.4 is 0 Å². The van der Waals surface area contributed by atoms with Crippen LogP contribution in [0.4, 0.5) is 0 Å². The van der Waals surface area contributed by atoms with Crippen molar-refractivity contribution >= 4 is 11.5 Å². The summed E-state index contributed by atoms with van der Waals surface area (Å²) in [5.41, 5.74) is 0.762. The second-order valence-corrected chi connectivity index (χ2v) is 3.48. The molecule has 0 aliphatic heterocycles. The van der Waals surface area contributed by atoms with Gasteiger partial charge in [-0.2, -0.15) is 9.36 Å². The zero-order valence-electron chi connectivity index (χ0n) is 6.74. The Bertz CT molecular complexity index is 355. The molecule has 0 aliphatic carbocycles. The summed E-state index contributed by atoms with van der Waals surface area (Å²) in [6, 6.07) is 1.93. The topological polar surface area (TPSA) is 51.8 Å². The molecule has 0 unspecified atom stereocenters. The predicted molar refractivity (Wildman–Crippen MR) is 44.9 cm³/mol. The minimum atomic E-state index is 0.497. The summed E-state index contributed by atoms with van der Waals surface area (Å²) in [7, 11) is 0. The molecule has 5 heteroatoms. The number of aromatic nitrogens is 3. The van der Waals surface area contributed by atoms with Crippen LogP contribution >= 0.6 is 11.5 Å². The van der Waals surface area contributed by atoms with Gasteiger partial charge in [0.05, 0.1) is 0 Å². The highest BCUT2D eigenvalue weighted by molar-refractivity contribution is 7.05. The van der Waals surface area contributed by atoms with Gasteiger partial charge in [0.15, 0.2) is 5.82 Å². The number of aryl methyl sites for hydroxylation is 2. The van der Waals surface area contributed by atoms with Crippen LogP contribution in [-0.2, 0) is 0 Å². The van der Waals surface area contributed by atoms with E-state index >= 15 is 0 Å². The molecule has 2 rings (SSSR count). The predicted octanol–water partition coefficient (Wildman–Crippen LogP) is 1.81. The maximum absolute atomic E-state index is 4.95. The first-order valence-corrected chi connectivity index (χ1v) is 4.27. The Balaban J connectivity index is 2.43. The number of hydrogen-bond donors (Lipinski definition) is 0. The molecule has 0 amide bonds. The van der Waals surface area contributed by atoms with Crippen molar-refractivity contribution in [2.24, 2.45) is 0 Å². The Morgan fingerprint density at radius 1 is 1.42 bits per heavy atom. The third-order valence-electron chi connectivity index (χ3n) is 1.37. The van der Waals surface area contributed by atoms with E-state index in [1.807, 2.05) is 13.0 Å². The molecule has 0 fully saturated rings. The van der Waals surface area contributed by atoms with E-state index < -0.39 is 0 Å². The molecule has 0 radical (unpaired) electrons. The van der Waals surface area contributed by atoms with E-state index in [4.69, 9.17) is 4.52 Å². The fraction of sp³-hybridized carbons (Fsp3) is 0.286. The van der Waals surface area contributed by atoms with Crippen LogP contribution in [0.25, 0.3) is 11.6 Å². The third kappa shape index (κ3) is 1.23. The van der Waals surface area contributed by atoms with Crippen molar-refractivity contribution in [1.82, 2.24) is 14.5 Å². The SMILES string of the molecule is Cc1noc(-c2cc(C)sn2)n1. The summed E-state index contributed by atoms with van der Waals surface area (Å²) in [5.74, 6) is 1.13. The molecule has 0 saturated carbocycles.